The van der Waals surface area contributed by atoms with E-state index in [1.165, 1.54) is 18.2 Å². The van der Waals surface area contributed by atoms with Crippen LogP contribution in [0.1, 0.15) is 11.1 Å². The van der Waals surface area contributed by atoms with Crippen LogP contribution in [0.2, 0.25) is 0 Å². The number of anilines is 1. The Hall–Kier alpha value is -1.69. The molecule has 2 N–H and O–H groups in total. The molecule has 2 rings (SSSR count). The van der Waals surface area contributed by atoms with Crippen LogP contribution < -0.4 is 10.5 Å². The number of ether oxygens (including phenoxy) is 1. The van der Waals surface area contributed by atoms with Crippen LogP contribution in [0.25, 0.3) is 0 Å². The molecule has 20 heavy (non-hydrogen) atoms. The lowest BCUT2D eigenvalue weighted by Crippen LogP contribution is -2.09. The van der Waals surface area contributed by atoms with Gasteiger partial charge in [-0.25, -0.2) is 0 Å². The third kappa shape index (κ3) is 3.45. The van der Waals surface area contributed by atoms with Crippen LogP contribution in [0.15, 0.2) is 46.9 Å². The topological polar surface area (TPSA) is 35.2 Å². The van der Waals surface area contributed by atoms with E-state index >= 15 is 0 Å². The van der Waals surface area contributed by atoms with Gasteiger partial charge in [0.25, 0.3) is 0 Å². The Labute approximate surface area is 122 Å². The number of nitrogens with two attached hydrogens (primary N) is 1. The molecule has 0 bridgehead atoms. The molecule has 0 aliphatic rings. The van der Waals surface area contributed by atoms with Gasteiger partial charge in [0, 0.05) is 15.7 Å². The van der Waals surface area contributed by atoms with Crippen LogP contribution >= 0.6 is 15.9 Å². The summed E-state index contributed by atoms with van der Waals surface area (Å²) in [6, 6.07) is 10.2. The molecule has 2 aromatic rings. The Morgan fingerprint density at radius 3 is 2.45 bits per heavy atom. The fourth-order valence-electron chi connectivity index (χ4n) is 1.68. The second-order valence-corrected chi connectivity index (χ2v) is 5.04. The molecule has 2 nitrogen and oxygen atoms in total. The van der Waals surface area contributed by atoms with Crippen molar-refractivity contribution in [2.75, 3.05) is 5.73 Å². The smallest absolute Gasteiger partial charge is 0.419 e. The molecule has 0 radical (unpaired) electrons. The number of para-hydroxylation sites is 1. The molecule has 0 unspecified atom stereocenters. The Morgan fingerprint density at radius 2 is 1.80 bits per heavy atom. The number of alkyl halides is 3. The van der Waals surface area contributed by atoms with Gasteiger partial charge in [0.05, 0.1) is 5.56 Å². The summed E-state index contributed by atoms with van der Waals surface area (Å²) in [4.78, 5) is 0. The number of hydrogen-bond donors (Lipinski definition) is 1. The summed E-state index contributed by atoms with van der Waals surface area (Å²) >= 11 is 3.26. The van der Waals surface area contributed by atoms with Gasteiger partial charge in [-0.1, -0.05) is 34.1 Å². The number of rotatable bonds is 3. The summed E-state index contributed by atoms with van der Waals surface area (Å²) in [5.74, 6) is -0.206. The zero-order valence-corrected chi connectivity index (χ0v) is 11.8. The molecule has 106 valence electrons. The molecule has 0 fully saturated rings. The molecule has 0 amide bonds. The van der Waals surface area contributed by atoms with E-state index in [4.69, 9.17) is 10.5 Å². The van der Waals surface area contributed by atoms with Crippen LogP contribution in [-0.2, 0) is 12.8 Å². The molecule has 0 spiro atoms. The molecule has 0 aromatic heterocycles. The highest BCUT2D eigenvalue weighted by Gasteiger charge is 2.33. The summed E-state index contributed by atoms with van der Waals surface area (Å²) in [7, 11) is 0. The van der Waals surface area contributed by atoms with Gasteiger partial charge in [0.1, 0.15) is 12.4 Å². The fourth-order valence-corrected chi connectivity index (χ4v) is 2.06. The van der Waals surface area contributed by atoms with E-state index in [-0.39, 0.29) is 12.4 Å². The first-order valence-corrected chi connectivity index (χ1v) is 6.50. The van der Waals surface area contributed by atoms with Crippen LogP contribution in [0, 0.1) is 0 Å². The van der Waals surface area contributed by atoms with Crippen LogP contribution in [0.4, 0.5) is 18.9 Å². The molecular weight excluding hydrogens is 335 g/mol. The van der Waals surface area contributed by atoms with E-state index in [9.17, 15) is 13.2 Å². The summed E-state index contributed by atoms with van der Waals surface area (Å²) in [6.07, 6.45) is -4.44. The molecule has 0 saturated heterocycles. The molecule has 0 saturated carbocycles. The molecule has 2 aromatic carbocycles. The van der Waals surface area contributed by atoms with Crippen LogP contribution in [-0.4, -0.2) is 0 Å². The molecule has 0 aliphatic heterocycles. The van der Waals surface area contributed by atoms with Crippen molar-refractivity contribution < 1.29 is 17.9 Å². The van der Waals surface area contributed by atoms with Crippen molar-refractivity contribution in [2.24, 2.45) is 0 Å². The monoisotopic (exact) mass is 345 g/mol. The highest BCUT2D eigenvalue weighted by molar-refractivity contribution is 9.10. The van der Waals surface area contributed by atoms with E-state index in [0.717, 1.165) is 10.5 Å². The highest BCUT2D eigenvalue weighted by atomic mass is 79.9. The number of nitrogen functional groups attached to an aromatic ring is 1. The minimum Gasteiger partial charge on any atom is -0.488 e. The van der Waals surface area contributed by atoms with E-state index in [1.54, 1.807) is 18.2 Å². The number of hydrogen-bond acceptors (Lipinski definition) is 2. The lowest BCUT2D eigenvalue weighted by atomic mass is 10.2. The van der Waals surface area contributed by atoms with Crippen molar-refractivity contribution in [1.29, 1.82) is 0 Å². The van der Waals surface area contributed by atoms with Crippen molar-refractivity contribution in [3.8, 4) is 5.75 Å². The lowest BCUT2D eigenvalue weighted by Gasteiger charge is -2.14. The summed E-state index contributed by atoms with van der Waals surface area (Å²) < 4.78 is 44.4. The number of halogens is 4. The average molecular weight is 346 g/mol. The molecule has 0 heterocycles. The van der Waals surface area contributed by atoms with Gasteiger partial charge in [0.15, 0.2) is 0 Å². The Balaban J connectivity index is 2.19. The first-order chi connectivity index (χ1) is 9.38. The molecular formula is C14H11BrF3NO. The quantitative estimate of drug-likeness (QED) is 0.823. The summed E-state index contributed by atoms with van der Waals surface area (Å²) in [6.45, 7) is -0.0216. The van der Waals surface area contributed by atoms with Crippen molar-refractivity contribution in [2.45, 2.75) is 12.8 Å². The second kappa shape index (κ2) is 5.75. The average Bonchev–Trinajstić information content (AvgIpc) is 2.37. The first-order valence-electron chi connectivity index (χ1n) is 5.71. The maximum atomic E-state index is 12.8. The van der Waals surface area contributed by atoms with Crippen molar-refractivity contribution >= 4 is 21.6 Å². The van der Waals surface area contributed by atoms with E-state index < -0.39 is 11.7 Å². The molecule has 0 aliphatic carbocycles. The van der Waals surface area contributed by atoms with E-state index in [1.807, 2.05) is 0 Å². The Kier molecular flexibility index (Phi) is 4.23. The maximum Gasteiger partial charge on any atom is 0.419 e. The third-order valence-corrected chi connectivity index (χ3v) is 3.18. The zero-order valence-electron chi connectivity index (χ0n) is 10.2. The maximum absolute atomic E-state index is 12.8. The van der Waals surface area contributed by atoms with Gasteiger partial charge in [-0.3, -0.25) is 0 Å². The zero-order chi connectivity index (χ0) is 14.8. The van der Waals surface area contributed by atoms with E-state index in [0.29, 0.717) is 11.3 Å². The minimum absolute atomic E-state index is 0.0216. The Morgan fingerprint density at radius 1 is 1.10 bits per heavy atom. The van der Waals surface area contributed by atoms with E-state index in [2.05, 4.69) is 15.9 Å². The molecule has 0 atom stereocenters. The predicted octanol–water partition coefficient (Wildman–Crippen LogP) is 4.63. The second-order valence-electron chi connectivity index (χ2n) is 4.13. The van der Waals surface area contributed by atoms with Crippen molar-refractivity contribution in [3.63, 3.8) is 0 Å². The largest absolute Gasteiger partial charge is 0.488 e. The first kappa shape index (κ1) is 14.7. The SMILES string of the molecule is Nc1cc(Br)ccc1COc1ccccc1C(F)(F)F. The van der Waals surface area contributed by atoms with Crippen LogP contribution in [0.3, 0.4) is 0 Å². The standard InChI is InChI=1S/C14H11BrF3NO/c15-10-6-5-9(12(19)7-10)8-20-13-4-2-1-3-11(13)14(16,17)18/h1-7H,8,19H2. The third-order valence-electron chi connectivity index (χ3n) is 2.68. The van der Waals surface area contributed by atoms with Gasteiger partial charge >= 0.3 is 6.18 Å². The summed E-state index contributed by atoms with van der Waals surface area (Å²) in [5.41, 5.74) is 6.07. The Bertz CT molecular complexity index is 614. The van der Waals surface area contributed by atoms with Crippen LogP contribution in [0.5, 0.6) is 5.75 Å². The normalized spacial score (nSPS) is 11.4. The van der Waals surface area contributed by atoms with Gasteiger partial charge in [-0.15, -0.1) is 0 Å². The number of benzene rings is 2. The minimum atomic E-state index is -4.44. The van der Waals surface area contributed by atoms with Gasteiger partial charge < -0.3 is 10.5 Å². The van der Waals surface area contributed by atoms with Gasteiger partial charge in [-0.05, 0) is 24.3 Å². The summed E-state index contributed by atoms with van der Waals surface area (Å²) in [5, 5.41) is 0. The lowest BCUT2D eigenvalue weighted by molar-refractivity contribution is -0.139. The molecule has 6 heteroatoms. The fraction of sp³-hybridized carbons (Fsp3) is 0.143. The van der Waals surface area contributed by atoms with Crippen molar-refractivity contribution in [1.82, 2.24) is 0 Å². The van der Waals surface area contributed by atoms with Gasteiger partial charge in [-0.2, -0.15) is 13.2 Å². The highest BCUT2D eigenvalue weighted by Crippen LogP contribution is 2.36. The van der Waals surface area contributed by atoms with Crippen molar-refractivity contribution in [3.05, 3.63) is 58.1 Å². The predicted molar refractivity (Wildman–Crippen MR) is 74.3 cm³/mol. The van der Waals surface area contributed by atoms with Gasteiger partial charge in [0.2, 0.25) is 0 Å².